The molecule has 0 fully saturated rings. The van der Waals surface area contributed by atoms with Gasteiger partial charge in [0, 0.05) is 37.7 Å². The first-order valence-electron chi connectivity index (χ1n) is 7.82. The van der Waals surface area contributed by atoms with Crippen molar-refractivity contribution in [3.63, 3.8) is 0 Å². The molecule has 2 N–H and O–H groups in total. The van der Waals surface area contributed by atoms with Gasteiger partial charge in [-0.2, -0.15) is 0 Å². The number of methoxy groups -OCH3 is 2. The summed E-state index contributed by atoms with van der Waals surface area (Å²) >= 11 is 0. The second kappa shape index (κ2) is 9.39. The fourth-order valence-electron chi connectivity index (χ4n) is 2.15. The number of aromatic nitrogens is 1. The third-order valence-electron chi connectivity index (χ3n) is 3.39. The Balaban J connectivity index is 2.04. The van der Waals surface area contributed by atoms with Gasteiger partial charge < -0.3 is 20.1 Å². The number of benzene rings is 1. The van der Waals surface area contributed by atoms with Gasteiger partial charge in [0.25, 0.3) is 5.91 Å². The molecule has 7 heteroatoms. The standard InChI is InChI=1S/C18H21N3O4/c1-24-10-4-8-20-17(22)13-7-9-19-16(12-13)21-15-6-3-5-14(11-15)18(23)25-2/h3,5-7,9,11-12H,4,8,10H2,1-2H3,(H,19,21)(H,20,22). The van der Waals surface area contributed by atoms with Crippen LogP contribution < -0.4 is 10.6 Å². The minimum absolute atomic E-state index is 0.176. The molecule has 1 heterocycles. The Morgan fingerprint density at radius 2 is 1.96 bits per heavy atom. The smallest absolute Gasteiger partial charge is 0.337 e. The van der Waals surface area contributed by atoms with E-state index in [1.807, 2.05) is 0 Å². The lowest BCUT2D eigenvalue weighted by Gasteiger charge is -2.09. The van der Waals surface area contributed by atoms with Crippen LogP contribution in [0.25, 0.3) is 0 Å². The fraction of sp³-hybridized carbons (Fsp3) is 0.278. The van der Waals surface area contributed by atoms with Crippen molar-refractivity contribution in [2.45, 2.75) is 6.42 Å². The van der Waals surface area contributed by atoms with Gasteiger partial charge in [0.1, 0.15) is 5.82 Å². The molecule has 0 unspecified atom stereocenters. The highest BCUT2D eigenvalue weighted by Crippen LogP contribution is 2.17. The highest BCUT2D eigenvalue weighted by molar-refractivity contribution is 5.95. The van der Waals surface area contributed by atoms with Crippen molar-refractivity contribution in [3.8, 4) is 0 Å². The molecule has 0 spiro atoms. The van der Waals surface area contributed by atoms with Crippen LogP contribution >= 0.6 is 0 Å². The van der Waals surface area contributed by atoms with Crippen LogP contribution in [-0.4, -0.2) is 44.2 Å². The van der Waals surface area contributed by atoms with Gasteiger partial charge in [-0.15, -0.1) is 0 Å². The first kappa shape index (κ1) is 18.4. The molecule has 2 rings (SSSR count). The number of amides is 1. The van der Waals surface area contributed by atoms with Crippen molar-refractivity contribution >= 4 is 23.4 Å². The van der Waals surface area contributed by atoms with Crippen LogP contribution in [0.15, 0.2) is 42.6 Å². The van der Waals surface area contributed by atoms with Crippen LogP contribution in [0.5, 0.6) is 0 Å². The van der Waals surface area contributed by atoms with Gasteiger partial charge >= 0.3 is 5.97 Å². The molecule has 0 aliphatic heterocycles. The lowest BCUT2D eigenvalue weighted by Crippen LogP contribution is -2.25. The Morgan fingerprint density at radius 3 is 2.72 bits per heavy atom. The Labute approximate surface area is 146 Å². The topological polar surface area (TPSA) is 89.5 Å². The summed E-state index contributed by atoms with van der Waals surface area (Å²) in [6, 6.07) is 10.1. The molecular weight excluding hydrogens is 322 g/mol. The molecule has 0 atom stereocenters. The SMILES string of the molecule is COCCCNC(=O)c1ccnc(Nc2cccc(C(=O)OC)c2)c1. The fourth-order valence-corrected chi connectivity index (χ4v) is 2.15. The molecule has 0 saturated heterocycles. The third kappa shape index (κ3) is 5.58. The predicted octanol–water partition coefficient (Wildman–Crippen LogP) is 2.38. The zero-order valence-electron chi connectivity index (χ0n) is 14.2. The molecule has 1 amide bonds. The summed E-state index contributed by atoms with van der Waals surface area (Å²) in [6.07, 6.45) is 2.30. The molecule has 7 nitrogen and oxygen atoms in total. The van der Waals surface area contributed by atoms with Crippen molar-refractivity contribution in [2.24, 2.45) is 0 Å². The summed E-state index contributed by atoms with van der Waals surface area (Å²) in [5.41, 5.74) is 1.60. The van der Waals surface area contributed by atoms with E-state index in [9.17, 15) is 9.59 Å². The van der Waals surface area contributed by atoms with Gasteiger partial charge in [-0.05, 0) is 36.8 Å². The Hall–Kier alpha value is -2.93. The van der Waals surface area contributed by atoms with Gasteiger partial charge in [-0.1, -0.05) is 6.07 Å². The number of carbonyl (C=O) groups is 2. The van der Waals surface area contributed by atoms with Gasteiger partial charge in [-0.25, -0.2) is 9.78 Å². The molecule has 0 saturated carbocycles. The Bertz CT molecular complexity index is 734. The maximum atomic E-state index is 12.1. The van der Waals surface area contributed by atoms with E-state index >= 15 is 0 Å². The number of ether oxygens (including phenoxy) is 2. The van der Waals surface area contributed by atoms with E-state index in [0.717, 1.165) is 6.42 Å². The van der Waals surface area contributed by atoms with Crippen molar-refractivity contribution in [1.29, 1.82) is 0 Å². The summed E-state index contributed by atoms with van der Waals surface area (Å²) in [5, 5.41) is 5.90. The van der Waals surface area contributed by atoms with Crippen LogP contribution in [0.3, 0.4) is 0 Å². The van der Waals surface area contributed by atoms with Crippen molar-refractivity contribution in [2.75, 3.05) is 32.7 Å². The molecule has 1 aromatic heterocycles. The minimum atomic E-state index is -0.416. The number of nitrogens with one attached hydrogen (secondary N) is 2. The normalized spacial score (nSPS) is 10.2. The molecule has 2 aromatic rings. The van der Waals surface area contributed by atoms with E-state index in [-0.39, 0.29) is 5.91 Å². The zero-order valence-corrected chi connectivity index (χ0v) is 14.2. The summed E-state index contributed by atoms with van der Waals surface area (Å²) in [4.78, 5) is 27.9. The molecule has 0 aliphatic carbocycles. The number of rotatable bonds is 8. The third-order valence-corrected chi connectivity index (χ3v) is 3.39. The van der Waals surface area contributed by atoms with E-state index < -0.39 is 5.97 Å². The molecule has 1 aromatic carbocycles. The minimum Gasteiger partial charge on any atom is -0.465 e. The summed E-state index contributed by atoms with van der Waals surface area (Å²) < 4.78 is 9.65. The molecule has 132 valence electrons. The number of nitrogens with zero attached hydrogens (tertiary/aromatic N) is 1. The quantitative estimate of drug-likeness (QED) is 0.565. The molecule has 0 aliphatic rings. The second-order valence-electron chi connectivity index (χ2n) is 5.23. The van der Waals surface area contributed by atoms with Crippen molar-refractivity contribution < 1.29 is 19.1 Å². The van der Waals surface area contributed by atoms with Crippen molar-refractivity contribution in [3.05, 3.63) is 53.7 Å². The number of hydrogen-bond acceptors (Lipinski definition) is 6. The molecule has 0 bridgehead atoms. The lowest BCUT2D eigenvalue weighted by molar-refractivity contribution is 0.0600. The van der Waals surface area contributed by atoms with Gasteiger partial charge in [0.2, 0.25) is 0 Å². The Kier molecular flexibility index (Phi) is 6.91. The first-order chi connectivity index (χ1) is 12.1. The lowest BCUT2D eigenvalue weighted by atomic mass is 10.2. The monoisotopic (exact) mass is 343 g/mol. The second-order valence-corrected chi connectivity index (χ2v) is 5.23. The number of pyridine rings is 1. The van der Waals surface area contributed by atoms with Gasteiger partial charge in [-0.3, -0.25) is 4.79 Å². The maximum Gasteiger partial charge on any atom is 0.337 e. The van der Waals surface area contributed by atoms with E-state index in [2.05, 4.69) is 15.6 Å². The van der Waals surface area contributed by atoms with Crippen LogP contribution in [0.4, 0.5) is 11.5 Å². The highest BCUT2D eigenvalue weighted by Gasteiger charge is 2.08. The van der Waals surface area contributed by atoms with Gasteiger partial charge in [0.05, 0.1) is 12.7 Å². The van der Waals surface area contributed by atoms with Crippen LogP contribution in [-0.2, 0) is 9.47 Å². The number of esters is 1. The highest BCUT2D eigenvalue weighted by atomic mass is 16.5. The van der Waals surface area contributed by atoms with Crippen LogP contribution in [0.1, 0.15) is 27.1 Å². The summed E-state index contributed by atoms with van der Waals surface area (Å²) in [6.45, 7) is 1.14. The molecule has 0 radical (unpaired) electrons. The average Bonchev–Trinajstić information content (AvgIpc) is 2.65. The number of anilines is 2. The Morgan fingerprint density at radius 1 is 1.12 bits per heavy atom. The van der Waals surface area contributed by atoms with E-state index in [1.54, 1.807) is 49.7 Å². The van der Waals surface area contributed by atoms with Gasteiger partial charge in [0.15, 0.2) is 0 Å². The first-order valence-corrected chi connectivity index (χ1v) is 7.82. The number of hydrogen-bond donors (Lipinski definition) is 2. The molecule has 25 heavy (non-hydrogen) atoms. The van der Waals surface area contributed by atoms with Crippen LogP contribution in [0.2, 0.25) is 0 Å². The van der Waals surface area contributed by atoms with Crippen LogP contribution in [0, 0.1) is 0 Å². The summed E-state index contributed by atoms with van der Waals surface area (Å²) in [5.74, 6) is -0.0859. The number of carbonyl (C=O) groups excluding carboxylic acids is 2. The van der Waals surface area contributed by atoms with E-state index in [1.165, 1.54) is 7.11 Å². The van der Waals surface area contributed by atoms with E-state index in [4.69, 9.17) is 9.47 Å². The largest absolute Gasteiger partial charge is 0.465 e. The predicted molar refractivity (Wildman–Crippen MR) is 94.1 cm³/mol. The molecular formula is C18H21N3O4. The zero-order chi connectivity index (χ0) is 18.1. The summed E-state index contributed by atoms with van der Waals surface area (Å²) in [7, 11) is 2.95. The average molecular weight is 343 g/mol. The maximum absolute atomic E-state index is 12.1. The van der Waals surface area contributed by atoms with E-state index in [0.29, 0.717) is 35.8 Å². The van der Waals surface area contributed by atoms with Crippen molar-refractivity contribution in [1.82, 2.24) is 10.3 Å².